The smallest absolute Gasteiger partial charge is 0.238 e. The van der Waals surface area contributed by atoms with E-state index in [-0.39, 0.29) is 5.88 Å². The first kappa shape index (κ1) is 14.6. The number of nitrogens with zero attached hydrogens (tertiary/aromatic N) is 2. The Kier molecular flexibility index (Phi) is 5.15. The topological polar surface area (TPSA) is 67.3 Å². The van der Waals surface area contributed by atoms with Gasteiger partial charge in [0.2, 0.25) is 5.88 Å². The van der Waals surface area contributed by atoms with Gasteiger partial charge in [-0.25, -0.2) is 4.98 Å². The van der Waals surface area contributed by atoms with Crippen molar-refractivity contribution in [3.05, 3.63) is 42.4 Å². The number of halogens is 1. The number of hydrogen-bond acceptors (Lipinski definition) is 5. The van der Waals surface area contributed by atoms with Crippen LogP contribution in [0.3, 0.4) is 0 Å². The second-order valence-electron chi connectivity index (χ2n) is 4.32. The highest BCUT2D eigenvalue weighted by atomic mass is 35.5. The standard InChI is InChI=1S/C14H16ClN3O2/c1-10-7-16-9-14(18-10)20-13-4-2-3-11(5-13)17-8-12(19)6-15/h2-5,7,9,12,17,19H,6,8H2,1H3. The number of aliphatic hydroxyl groups is 1. The van der Waals surface area contributed by atoms with Crippen LogP contribution < -0.4 is 10.1 Å². The van der Waals surface area contributed by atoms with E-state index in [0.29, 0.717) is 18.2 Å². The van der Waals surface area contributed by atoms with Crippen molar-refractivity contribution >= 4 is 17.3 Å². The lowest BCUT2D eigenvalue weighted by Crippen LogP contribution is -2.20. The number of hydrogen-bond donors (Lipinski definition) is 2. The van der Waals surface area contributed by atoms with Crippen molar-refractivity contribution in [2.45, 2.75) is 13.0 Å². The minimum absolute atomic E-state index is 0.197. The largest absolute Gasteiger partial charge is 0.437 e. The molecule has 1 atom stereocenters. The molecular weight excluding hydrogens is 278 g/mol. The van der Waals surface area contributed by atoms with Crippen LogP contribution in [0, 0.1) is 6.92 Å². The fourth-order valence-electron chi connectivity index (χ4n) is 1.57. The molecule has 0 saturated heterocycles. The molecule has 0 radical (unpaired) electrons. The maximum absolute atomic E-state index is 9.41. The number of rotatable bonds is 6. The molecule has 5 nitrogen and oxygen atoms in total. The van der Waals surface area contributed by atoms with Crippen LogP contribution >= 0.6 is 11.6 Å². The average Bonchev–Trinajstić information content (AvgIpc) is 2.45. The van der Waals surface area contributed by atoms with Crippen molar-refractivity contribution in [3.8, 4) is 11.6 Å². The molecule has 20 heavy (non-hydrogen) atoms. The summed E-state index contributed by atoms with van der Waals surface area (Å²) in [6.45, 7) is 2.24. The molecule has 1 unspecified atom stereocenters. The highest BCUT2D eigenvalue weighted by Crippen LogP contribution is 2.22. The van der Waals surface area contributed by atoms with Gasteiger partial charge in [-0.2, -0.15) is 0 Å². The number of aliphatic hydroxyl groups excluding tert-OH is 1. The Hall–Kier alpha value is -1.85. The molecule has 0 aliphatic heterocycles. The van der Waals surface area contributed by atoms with Crippen molar-refractivity contribution in [2.24, 2.45) is 0 Å². The molecule has 0 saturated carbocycles. The van der Waals surface area contributed by atoms with Crippen LogP contribution in [0.2, 0.25) is 0 Å². The molecule has 6 heteroatoms. The van der Waals surface area contributed by atoms with Gasteiger partial charge >= 0.3 is 0 Å². The maximum atomic E-state index is 9.41. The third-order valence-electron chi connectivity index (χ3n) is 2.51. The highest BCUT2D eigenvalue weighted by molar-refractivity contribution is 6.18. The number of nitrogens with one attached hydrogen (secondary N) is 1. The number of aromatic nitrogens is 2. The van der Waals surface area contributed by atoms with E-state index in [4.69, 9.17) is 16.3 Å². The predicted octanol–water partition coefficient (Wildman–Crippen LogP) is 2.59. The van der Waals surface area contributed by atoms with Crippen molar-refractivity contribution in [1.82, 2.24) is 9.97 Å². The SMILES string of the molecule is Cc1cncc(Oc2cccc(NCC(O)CCl)c2)n1. The summed E-state index contributed by atoms with van der Waals surface area (Å²) in [5, 5.41) is 12.5. The van der Waals surface area contributed by atoms with Crippen LogP contribution in [-0.4, -0.2) is 33.6 Å². The van der Waals surface area contributed by atoms with Gasteiger partial charge in [0.25, 0.3) is 0 Å². The molecule has 0 aliphatic rings. The van der Waals surface area contributed by atoms with E-state index in [0.717, 1.165) is 11.4 Å². The molecule has 1 aromatic heterocycles. The normalized spacial score (nSPS) is 11.9. The van der Waals surface area contributed by atoms with Gasteiger partial charge in [-0.15, -0.1) is 11.6 Å². The van der Waals surface area contributed by atoms with Gasteiger partial charge in [0.15, 0.2) is 0 Å². The Labute approximate surface area is 122 Å². The summed E-state index contributed by atoms with van der Waals surface area (Å²) >= 11 is 5.54. The van der Waals surface area contributed by atoms with Crippen LogP contribution in [0.5, 0.6) is 11.6 Å². The van der Waals surface area contributed by atoms with Gasteiger partial charge in [-0.05, 0) is 19.1 Å². The molecule has 0 bridgehead atoms. The Balaban J connectivity index is 2.02. The molecule has 0 amide bonds. The van der Waals surface area contributed by atoms with E-state index in [1.54, 1.807) is 12.4 Å². The molecule has 1 heterocycles. The Morgan fingerprint density at radius 1 is 1.40 bits per heavy atom. The summed E-state index contributed by atoms with van der Waals surface area (Å²) in [5.41, 5.74) is 1.63. The molecule has 2 rings (SSSR count). The summed E-state index contributed by atoms with van der Waals surface area (Å²) < 4.78 is 5.63. The van der Waals surface area contributed by atoms with Gasteiger partial charge in [0.05, 0.1) is 23.9 Å². The summed E-state index contributed by atoms with van der Waals surface area (Å²) in [6.07, 6.45) is 2.65. The van der Waals surface area contributed by atoms with Gasteiger partial charge in [-0.3, -0.25) is 4.98 Å². The molecule has 2 N–H and O–H groups in total. The fraction of sp³-hybridized carbons (Fsp3) is 0.286. The second kappa shape index (κ2) is 7.07. The molecule has 0 aliphatic carbocycles. The van der Waals surface area contributed by atoms with Crippen molar-refractivity contribution in [1.29, 1.82) is 0 Å². The second-order valence-corrected chi connectivity index (χ2v) is 4.63. The van der Waals surface area contributed by atoms with Crippen LogP contribution in [0.25, 0.3) is 0 Å². The molecule has 0 fully saturated rings. The lowest BCUT2D eigenvalue weighted by Gasteiger charge is -2.11. The Morgan fingerprint density at radius 3 is 3.00 bits per heavy atom. The van der Waals surface area contributed by atoms with Crippen molar-refractivity contribution < 1.29 is 9.84 Å². The number of ether oxygens (including phenoxy) is 1. The number of alkyl halides is 1. The third-order valence-corrected chi connectivity index (χ3v) is 2.87. The first-order valence-corrected chi connectivity index (χ1v) is 6.75. The first-order valence-electron chi connectivity index (χ1n) is 6.22. The van der Waals surface area contributed by atoms with E-state index in [9.17, 15) is 5.11 Å². The lowest BCUT2D eigenvalue weighted by atomic mass is 10.3. The fourth-order valence-corrected chi connectivity index (χ4v) is 1.68. The van der Waals surface area contributed by atoms with Crippen LogP contribution in [0.15, 0.2) is 36.7 Å². The molecule has 1 aromatic carbocycles. The quantitative estimate of drug-likeness (QED) is 0.801. The molecule has 0 spiro atoms. The zero-order valence-corrected chi connectivity index (χ0v) is 11.8. The summed E-state index contributed by atoms with van der Waals surface area (Å²) in [7, 11) is 0. The maximum Gasteiger partial charge on any atom is 0.238 e. The minimum atomic E-state index is -0.580. The lowest BCUT2D eigenvalue weighted by molar-refractivity contribution is 0.211. The van der Waals surface area contributed by atoms with E-state index in [2.05, 4.69) is 15.3 Å². The molecule has 106 valence electrons. The monoisotopic (exact) mass is 293 g/mol. The molecular formula is C14H16ClN3O2. The predicted molar refractivity (Wildman–Crippen MR) is 78.5 cm³/mol. The van der Waals surface area contributed by atoms with Crippen molar-refractivity contribution in [2.75, 3.05) is 17.7 Å². The summed E-state index contributed by atoms with van der Waals surface area (Å²) in [5.74, 6) is 1.29. The van der Waals surface area contributed by atoms with Gasteiger partial charge in [0, 0.05) is 24.5 Å². The van der Waals surface area contributed by atoms with Gasteiger partial charge < -0.3 is 15.2 Å². The van der Waals surface area contributed by atoms with Crippen LogP contribution in [0.1, 0.15) is 5.69 Å². The highest BCUT2D eigenvalue weighted by Gasteiger charge is 2.03. The van der Waals surface area contributed by atoms with E-state index >= 15 is 0 Å². The van der Waals surface area contributed by atoms with E-state index < -0.39 is 6.10 Å². The summed E-state index contributed by atoms with van der Waals surface area (Å²) in [6, 6.07) is 7.39. The van der Waals surface area contributed by atoms with Crippen molar-refractivity contribution in [3.63, 3.8) is 0 Å². The summed E-state index contributed by atoms with van der Waals surface area (Å²) in [4.78, 5) is 8.25. The number of benzene rings is 1. The van der Waals surface area contributed by atoms with E-state index in [1.165, 1.54) is 0 Å². The third kappa shape index (κ3) is 4.36. The number of aryl methyl sites for hydroxylation is 1. The van der Waals surface area contributed by atoms with Crippen LogP contribution in [0.4, 0.5) is 5.69 Å². The zero-order valence-electron chi connectivity index (χ0n) is 11.1. The first-order chi connectivity index (χ1) is 9.67. The van der Waals surface area contributed by atoms with Gasteiger partial charge in [-0.1, -0.05) is 6.07 Å². The number of anilines is 1. The average molecular weight is 294 g/mol. The Bertz CT molecular complexity index is 566. The van der Waals surface area contributed by atoms with Gasteiger partial charge in [0.1, 0.15) is 5.75 Å². The molecule has 2 aromatic rings. The minimum Gasteiger partial charge on any atom is -0.437 e. The van der Waals surface area contributed by atoms with Crippen LogP contribution in [-0.2, 0) is 0 Å². The Morgan fingerprint density at radius 2 is 2.25 bits per heavy atom. The van der Waals surface area contributed by atoms with E-state index in [1.807, 2.05) is 31.2 Å². The zero-order chi connectivity index (χ0) is 14.4.